The minimum absolute atomic E-state index is 0.119. The molecular weight excluding hydrogens is 263 g/mol. The second kappa shape index (κ2) is 5.73. The van der Waals surface area contributed by atoms with E-state index in [1.54, 1.807) is 0 Å². The third kappa shape index (κ3) is 2.79. The van der Waals surface area contributed by atoms with E-state index < -0.39 is 22.9 Å². The van der Waals surface area contributed by atoms with E-state index in [0.29, 0.717) is 6.42 Å². The van der Waals surface area contributed by atoms with Crippen molar-refractivity contribution in [2.45, 2.75) is 25.8 Å². The Hall–Kier alpha value is -2.37. The molecule has 20 heavy (non-hydrogen) atoms. The first-order valence-corrected chi connectivity index (χ1v) is 6.27. The Balaban J connectivity index is 2.18. The first-order valence-electron chi connectivity index (χ1n) is 6.27. The summed E-state index contributed by atoms with van der Waals surface area (Å²) < 4.78 is 14.1. The lowest BCUT2D eigenvalue weighted by molar-refractivity contribution is 0.354. The molecule has 0 radical (unpaired) electrons. The molecule has 0 amide bonds. The van der Waals surface area contributed by atoms with Crippen molar-refractivity contribution in [1.82, 2.24) is 9.55 Å². The van der Waals surface area contributed by atoms with Crippen LogP contribution < -0.4 is 11.2 Å². The summed E-state index contributed by atoms with van der Waals surface area (Å²) in [6, 6.07) is 9.65. The van der Waals surface area contributed by atoms with Gasteiger partial charge in [-0.05, 0) is 17.9 Å². The molecule has 1 heterocycles. The Bertz CT molecular complexity index is 707. The van der Waals surface area contributed by atoms with Crippen LogP contribution in [0.25, 0.3) is 0 Å². The molecule has 2 aromatic rings. The Morgan fingerprint density at radius 1 is 1.30 bits per heavy atom. The lowest BCUT2D eigenvalue weighted by atomic mass is 9.98. The van der Waals surface area contributed by atoms with Gasteiger partial charge >= 0.3 is 5.69 Å². The van der Waals surface area contributed by atoms with E-state index in [-0.39, 0.29) is 12.5 Å². The SMILES string of the molecule is CC(CCn1c(O)c(F)c(=O)[nH]c1=O)c1ccccc1. The first kappa shape index (κ1) is 14.0. The van der Waals surface area contributed by atoms with Crippen LogP contribution in [0.2, 0.25) is 0 Å². The molecule has 1 aromatic carbocycles. The van der Waals surface area contributed by atoms with Gasteiger partial charge in [-0.15, -0.1) is 0 Å². The zero-order valence-corrected chi connectivity index (χ0v) is 11.0. The molecule has 0 aliphatic heterocycles. The Kier molecular flexibility index (Phi) is 4.02. The summed E-state index contributed by atoms with van der Waals surface area (Å²) in [5.74, 6) is -2.12. The van der Waals surface area contributed by atoms with Gasteiger partial charge < -0.3 is 5.11 Å². The van der Waals surface area contributed by atoms with Gasteiger partial charge in [0, 0.05) is 6.54 Å². The first-order chi connectivity index (χ1) is 9.50. The number of nitrogens with one attached hydrogen (secondary N) is 1. The second-order valence-electron chi connectivity index (χ2n) is 4.65. The molecule has 2 N–H and O–H groups in total. The van der Waals surface area contributed by atoms with E-state index in [0.717, 1.165) is 10.1 Å². The predicted octanol–water partition coefficient (Wildman–Crippen LogP) is 1.58. The highest BCUT2D eigenvalue weighted by Gasteiger charge is 2.14. The largest absolute Gasteiger partial charge is 0.492 e. The van der Waals surface area contributed by atoms with Crippen molar-refractivity contribution < 1.29 is 9.50 Å². The smallest absolute Gasteiger partial charge is 0.331 e. The Morgan fingerprint density at radius 3 is 2.60 bits per heavy atom. The van der Waals surface area contributed by atoms with Crippen molar-refractivity contribution in [3.05, 3.63) is 62.6 Å². The maximum Gasteiger partial charge on any atom is 0.331 e. The monoisotopic (exact) mass is 278 g/mol. The van der Waals surface area contributed by atoms with E-state index in [2.05, 4.69) is 0 Å². The summed E-state index contributed by atoms with van der Waals surface area (Å²) in [5.41, 5.74) is -0.932. The molecule has 5 nitrogen and oxygen atoms in total. The number of aromatic nitrogens is 2. The van der Waals surface area contributed by atoms with Gasteiger partial charge in [-0.3, -0.25) is 14.3 Å². The number of hydrogen-bond donors (Lipinski definition) is 2. The van der Waals surface area contributed by atoms with Crippen molar-refractivity contribution in [2.75, 3.05) is 0 Å². The summed E-state index contributed by atoms with van der Waals surface area (Å²) in [6.45, 7) is 2.09. The molecule has 6 heteroatoms. The van der Waals surface area contributed by atoms with Crippen molar-refractivity contribution in [3.63, 3.8) is 0 Å². The maximum absolute atomic E-state index is 13.3. The zero-order valence-electron chi connectivity index (χ0n) is 11.0. The minimum Gasteiger partial charge on any atom is -0.492 e. The number of rotatable bonds is 4. The van der Waals surface area contributed by atoms with Gasteiger partial charge in [0.1, 0.15) is 0 Å². The highest BCUT2D eigenvalue weighted by Crippen LogP contribution is 2.20. The highest BCUT2D eigenvalue weighted by molar-refractivity contribution is 5.18. The number of halogens is 1. The fourth-order valence-electron chi connectivity index (χ4n) is 2.01. The number of aromatic hydroxyl groups is 1. The number of H-pyrrole nitrogens is 1. The third-order valence-corrected chi connectivity index (χ3v) is 3.27. The van der Waals surface area contributed by atoms with Crippen LogP contribution >= 0.6 is 0 Å². The molecule has 106 valence electrons. The fourth-order valence-corrected chi connectivity index (χ4v) is 2.01. The summed E-state index contributed by atoms with van der Waals surface area (Å²) in [5, 5.41) is 9.51. The van der Waals surface area contributed by atoms with Crippen LogP contribution in [0.3, 0.4) is 0 Å². The van der Waals surface area contributed by atoms with E-state index in [1.807, 2.05) is 42.2 Å². The number of benzene rings is 1. The van der Waals surface area contributed by atoms with Crippen LogP contribution in [0.1, 0.15) is 24.8 Å². The molecule has 0 aliphatic carbocycles. The molecule has 0 saturated carbocycles. The zero-order chi connectivity index (χ0) is 14.7. The van der Waals surface area contributed by atoms with Gasteiger partial charge in [0.2, 0.25) is 11.7 Å². The highest BCUT2D eigenvalue weighted by atomic mass is 19.1. The molecule has 1 aromatic heterocycles. The van der Waals surface area contributed by atoms with Gasteiger partial charge in [-0.25, -0.2) is 4.79 Å². The average Bonchev–Trinajstić information content (AvgIpc) is 2.45. The standard InChI is InChI=1S/C14H15FN2O3/c1-9(10-5-3-2-4-6-10)7-8-17-13(19)11(15)12(18)16-14(17)20/h2-6,9,19H,7-8H2,1H3,(H,16,18,20). The lowest BCUT2D eigenvalue weighted by Crippen LogP contribution is -2.32. The van der Waals surface area contributed by atoms with Crippen LogP contribution in [-0.4, -0.2) is 14.7 Å². The molecule has 0 spiro atoms. The van der Waals surface area contributed by atoms with E-state index in [9.17, 15) is 19.1 Å². The third-order valence-electron chi connectivity index (χ3n) is 3.27. The molecular formula is C14H15FN2O3. The summed E-state index contributed by atoms with van der Waals surface area (Å²) in [4.78, 5) is 24.3. The van der Waals surface area contributed by atoms with Gasteiger partial charge in [0.25, 0.3) is 5.56 Å². The van der Waals surface area contributed by atoms with E-state index in [1.165, 1.54) is 0 Å². The van der Waals surface area contributed by atoms with Crippen LogP contribution in [0.4, 0.5) is 4.39 Å². The average molecular weight is 278 g/mol. The minimum atomic E-state index is -1.34. The summed E-state index contributed by atoms with van der Waals surface area (Å²) >= 11 is 0. The number of hydrogen-bond acceptors (Lipinski definition) is 3. The topological polar surface area (TPSA) is 75.1 Å². The summed E-state index contributed by atoms with van der Waals surface area (Å²) in [7, 11) is 0. The van der Waals surface area contributed by atoms with Crippen molar-refractivity contribution in [1.29, 1.82) is 0 Å². The molecule has 0 bridgehead atoms. The van der Waals surface area contributed by atoms with Crippen LogP contribution in [0.15, 0.2) is 39.9 Å². The Morgan fingerprint density at radius 2 is 1.95 bits per heavy atom. The van der Waals surface area contributed by atoms with E-state index >= 15 is 0 Å². The molecule has 1 atom stereocenters. The number of nitrogens with zero attached hydrogens (tertiary/aromatic N) is 1. The second-order valence-corrected chi connectivity index (χ2v) is 4.65. The van der Waals surface area contributed by atoms with Crippen molar-refractivity contribution in [3.8, 4) is 5.88 Å². The molecule has 1 unspecified atom stereocenters. The van der Waals surface area contributed by atoms with Gasteiger partial charge in [0.05, 0.1) is 0 Å². The van der Waals surface area contributed by atoms with Crippen LogP contribution in [-0.2, 0) is 6.54 Å². The van der Waals surface area contributed by atoms with Crippen molar-refractivity contribution >= 4 is 0 Å². The van der Waals surface area contributed by atoms with Gasteiger partial charge in [0.15, 0.2) is 0 Å². The van der Waals surface area contributed by atoms with Gasteiger partial charge in [-0.2, -0.15) is 4.39 Å². The lowest BCUT2D eigenvalue weighted by Gasteiger charge is -2.13. The molecule has 2 rings (SSSR count). The quantitative estimate of drug-likeness (QED) is 0.891. The fraction of sp³-hybridized carbons (Fsp3) is 0.286. The van der Waals surface area contributed by atoms with Crippen molar-refractivity contribution in [2.24, 2.45) is 0 Å². The normalized spacial score (nSPS) is 12.3. The molecule has 0 fully saturated rings. The van der Waals surface area contributed by atoms with Gasteiger partial charge in [-0.1, -0.05) is 37.3 Å². The number of aromatic amines is 1. The molecule has 0 aliphatic rings. The van der Waals surface area contributed by atoms with Crippen LogP contribution in [0.5, 0.6) is 5.88 Å². The van der Waals surface area contributed by atoms with Crippen LogP contribution in [0, 0.1) is 5.82 Å². The molecule has 0 saturated heterocycles. The summed E-state index contributed by atoms with van der Waals surface area (Å²) in [6.07, 6.45) is 0.531. The van der Waals surface area contributed by atoms with E-state index in [4.69, 9.17) is 0 Å². The predicted molar refractivity (Wildman–Crippen MR) is 72.4 cm³/mol. The maximum atomic E-state index is 13.3. The Labute approximate surface area is 114 Å².